The zero-order chi connectivity index (χ0) is 17.4. The molecule has 1 aliphatic heterocycles. The average molecular weight is 348 g/mol. The normalized spacial score (nSPS) is 27.8. The van der Waals surface area contributed by atoms with Gasteiger partial charge in [-0.15, -0.1) is 11.8 Å². The Hall–Kier alpha value is -1.16. The van der Waals surface area contributed by atoms with Crippen molar-refractivity contribution in [2.45, 2.75) is 58.2 Å². The number of benzene rings is 1. The summed E-state index contributed by atoms with van der Waals surface area (Å²) in [7, 11) is 0. The summed E-state index contributed by atoms with van der Waals surface area (Å²) < 4.78 is 5.53. The summed E-state index contributed by atoms with van der Waals surface area (Å²) in [5.74, 6) is 2.47. The van der Waals surface area contributed by atoms with Crippen LogP contribution in [0.2, 0.25) is 0 Å². The minimum absolute atomic E-state index is 0.0358. The van der Waals surface area contributed by atoms with Crippen LogP contribution >= 0.6 is 11.8 Å². The number of ether oxygens (including phenoxy) is 1. The molecule has 1 aliphatic carbocycles. The van der Waals surface area contributed by atoms with Crippen LogP contribution in [0, 0.1) is 11.3 Å². The molecule has 1 amide bonds. The maximum absolute atomic E-state index is 12.6. The van der Waals surface area contributed by atoms with Gasteiger partial charge >= 0.3 is 0 Å². The van der Waals surface area contributed by atoms with Gasteiger partial charge in [0.15, 0.2) is 0 Å². The number of thioether (sulfide) groups is 1. The minimum Gasteiger partial charge on any atom is -0.494 e. The molecule has 0 aromatic heterocycles. The minimum atomic E-state index is -0.0358. The molecule has 1 saturated heterocycles. The van der Waals surface area contributed by atoms with Crippen LogP contribution in [0.4, 0.5) is 5.69 Å². The van der Waals surface area contributed by atoms with Crippen molar-refractivity contribution < 1.29 is 9.53 Å². The molecule has 0 unspecified atom stereocenters. The molecule has 1 aromatic carbocycles. The third-order valence-corrected chi connectivity index (χ3v) is 7.04. The maximum atomic E-state index is 12.6. The van der Waals surface area contributed by atoms with Crippen LogP contribution in [-0.4, -0.2) is 23.1 Å². The molecule has 1 spiro atoms. The summed E-state index contributed by atoms with van der Waals surface area (Å²) in [4.78, 5) is 14.7. The van der Waals surface area contributed by atoms with E-state index in [9.17, 15) is 4.79 Å². The molecule has 0 N–H and O–H groups in total. The van der Waals surface area contributed by atoms with Crippen molar-refractivity contribution in [1.29, 1.82) is 0 Å². The fraction of sp³-hybridized carbons (Fsp3) is 0.650. The molecule has 2 fully saturated rings. The van der Waals surface area contributed by atoms with E-state index in [0.29, 0.717) is 17.8 Å². The number of nitrogens with zero attached hydrogens (tertiary/aromatic N) is 1. The van der Waals surface area contributed by atoms with Gasteiger partial charge in [0, 0.05) is 5.69 Å². The highest BCUT2D eigenvalue weighted by atomic mass is 32.2. The quantitative estimate of drug-likeness (QED) is 0.762. The molecular weight excluding hydrogens is 318 g/mol. The van der Waals surface area contributed by atoms with Crippen LogP contribution < -0.4 is 9.64 Å². The number of rotatable bonds is 3. The Kier molecular flexibility index (Phi) is 4.87. The predicted molar refractivity (Wildman–Crippen MR) is 102 cm³/mol. The van der Waals surface area contributed by atoms with E-state index in [1.807, 2.05) is 43.0 Å². The van der Waals surface area contributed by atoms with Crippen molar-refractivity contribution in [3.63, 3.8) is 0 Å². The fourth-order valence-corrected chi connectivity index (χ4v) is 5.47. The van der Waals surface area contributed by atoms with E-state index in [1.165, 1.54) is 12.8 Å². The Bertz CT molecular complexity index is 583. The van der Waals surface area contributed by atoms with Crippen molar-refractivity contribution in [1.82, 2.24) is 0 Å². The first kappa shape index (κ1) is 17.7. The van der Waals surface area contributed by atoms with E-state index < -0.39 is 0 Å². The Balaban J connectivity index is 1.80. The number of carbonyl (C=O) groups is 1. The molecule has 2 aliphatic rings. The molecule has 132 valence electrons. The highest BCUT2D eigenvalue weighted by Crippen LogP contribution is 2.52. The van der Waals surface area contributed by atoms with E-state index in [1.54, 1.807) is 0 Å². The van der Waals surface area contributed by atoms with E-state index in [2.05, 4.69) is 25.7 Å². The van der Waals surface area contributed by atoms with Gasteiger partial charge in [0.05, 0.1) is 17.2 Å². The Morgan fingerprint density at radius 3 is 2.38 bits per heavy atom. The zero-order valence-corrected chi connectivity index (χ0v) is 16.1. The van der Waals surface area contributed by atoms with E-state index in [4.69, 9.17) is 4.74 Å². The maximum Gasteiger partial charge on any atom is 0.238 e. The molecule has 24 heavy (non-hydrogen) atoms. The summed E-state index contributed by atoms with van der Waals surface area (Å²) in [5.41, 5.74) is 1.38. The highest BCUT2D eigenvalue weighted by Gasteiger charge is 2.49. The van der Waals surface area contributed by atoms with Crippen molar-refractivity contribution in [2.24, 2.45) is 11.3 Å². The second-order valence-corrected chi connectivity index (χ2v) is 9.37. The summed E-state index contributed by atoms with van der Waals surface area (Å²) in [6.07, 6.45) is 4.60. The zero-order valence-electron chi connectivity index (χ0n) is 15.3. The second-order valence-electron chi connectivity index (χ2n) is 8.03. The Labute approximate surface area is 150 Å². The van der Waals surface area contributed by atoms with Crippen LogP contribution in [-0.2, 0) is 4.79 Å². The molecule has 0 radical (unpaired) electrons. The summed E-state index contributed by atoms with van der Waals surface area (Å²) in [6, 6.07) is 8.02. The van der Waals surface area contributed by atoms with Gasteiger partial charge in [0.1, 0.15) is 5.75 Å². The monoisotopic (exact) mass is 347 g/mol. The summed E-state index contributed by atoms with van der Waals surface area (Å²) in [6.45, 7) is 9.67. The van der Waals surface area contributed by atoms with Gasteiger partial charge in [0.25, 0.3) is 0 Å². The molecule has 3 nitrogen and oxygen atoms in total. The Morgan fingerprint density at radius 1 is 1.21 bits per heavy atom. The van der Waals surface area contributed by atoms with E-state index >= 15 is 0 Å². The van der Waals surface area contributed by atoms with Crippen LogP contribution in [0.5, 0.6) is 5.75 Å². The van der Waals surface area contributed by atoms with E-state index in [-0.39, 0.29) is 10.8 Å². The highest BCUT2D eigenvalue weighted by molar-refractivity contribution is 8.02. The smallest absolute Gasteiger partial charge is 0.238 e. The summed E-state index contributed by atoms with van der Waals surface area (Å²) in [5, 5.41) is 0. The molecule has 0 atom stereocenters. The second kappa shape index (κ2) is 6.62. The summed E-state index contributed by atoms with van der Waals surface area (Å²) >= 11 is 1.85. The SMILES string of the molecule is CCOc1ccc(N2C(=O)CSC23CCC(C(C)(C)C)CC3)cc1. The fourth-order valence-electron chi connectivity index (χ4n) is 4.09. The lowest BCUT2D eigenvalue weighted by Crippen LogP contribution is -2.48. The molecule has 1 aromatic rings. The number of carbonyl (C=O) groups excluding carboxylic acids is 1. The van der Waals surface area contributed by atoms with Crippen molar-refractivity contribution in [2.75, 3.05) is 17.3 Å². The van der Waals surface area contributed by atoms with Gasteiger partial charge in [0.2, 0.25) is 5.91 Å². The lowest BCUT2D eigenvalue weighted by atomic mass is 9.71. The van der Waals surface area contributed by atoms with Crippen LogP contribution in [0.1, 0.15) is 53.4 Å². The third-order valence-electron chi connectivity index (χ3n) is 5.52. The number of hydrogen-bond acceptors (Lipinski definition) is 3. The molecule has 0 bridgehead atoms. The molecular formula is C20H29NO2S. The van der Waals surface area contributed by atoms with Crippen molar-refractivity contribution in [3.05, 3.63) is 24.3 Å². The molecule has 3 rings (SSSR count). The third kappa shape index (κ3) is 3.30. The van der Waals surface area contributed by atoms with Gasteiger partial charge in [-0.2, -0.15) is 0 Å². The van der Waals surface area contributed by atoms with Crippen LogP contribution in [0.15, 0.2) is 24.3 Å². The first-order valence-corrected chi connectivity index (χ1v) is 10.0. The van der Waals surface area contributed by atoms with Crippen molar-refractivity contribution in [3.8, 4) is 5.75 Å². The first-order valence-electron chi connectivity index (χ1n) is 9.05. The van der Waals surface area contributed by atoms with Gasteiger partial charge in [-0.3, -0.25) is 9.69 Å². The topological polar surface area (TPSA) is 29.5 Å². The van der Waals surface area contributed by atoms with Gasteiger partial charge in [-0.25, -0.2) is 0 Å². The van der Waals surface area contributed by atoms with Crippen LogP contribution in [0.3, 0.4) is 0 Å². The van der Waals surface area contributed by atoms with Gasteiger partial charge in [-0.1, -0.05) is 20.8 Å². The first-order chi connectivity index (χ1) is 11.4. The van der Waals surface area contributed by atoms with Gasteiger partial charge < -0.3 is 4.74 Å². The molecule has 1 saturated carbocycles. The predicted octanol–water partition coefficient (Wildman–Crippen LogP) is 5.10. The lowest BCUT2D eigenvalue weighted by Gasteiger charge is -2.45. The van der Waals surface area contributed by atoms with Crippen molar-refractivity contribution >= 4 is 23.4 Å². The number of anilines is 1. The number of hydrogen-bond donors (Lipinski definition) is 0. The molecule has 1 heterocycles. The molecule has 4 heteroatoms. The van der Waals surface area contributed by atoms with Gasteiger partial charge in [-0.05, 0) is 68.2 Å². The average Bonchev–Trinajstić information content (AvgIpc) is 2.85. The van der Waals surface area contributed by atoms with E-state index in [0.717, 1.165) is 30.2 Å². The number of amides is 1. The Morgan fingerprint density at radius 2 is 1.83 bits per heavy atom. The van der Waals surface area contributed by atoms with Crippen LogP contribution in [0.25, 0.3) is 0 Å². The standard InChI is InChI=1S/C20H29NO2S/c1-5-23-17-8-6-16(7-9-17)21-18(22)14-24-20(21)12-10-15(11-13-20)19(2,3)4/h6-9,15H,5,10-14H2,1-4H3. The lowest BCUT2D eigenvalue weighted by molar-refractivity contribution is -0.116. The largest absolute Gasteiger partial charge is 0.494 e.